The van der Waals surface area contributed by atoms with Gasteiger partial charge in [-0.05, 0) is 30.6 Å². The number of carbonyl (C=O) groups excluding carboxylic acids is 1. The van der Waals surface area contributed by atoms with Gasteiger partial charge in [-0.25, -0.2) is 0 Å². The zero-order valence-corrected chi connectivity index (χ0v) is 10.8. The van der Waals surface area contributed by atoms with E-state index in [1.807, 2.05) is 0 Å². The van der Waals surface area contributed by atoms with Crippen LogP contribution >= 0.6 is 0 Å². The summed E-state index contributed by atoms with van der Waals surface area (Å²) in [4.78, 5) is 10.9. The van der Waals surface area contributed by atoms with E-state index in [1.54, 1.807) is 0 Å². The van der Waals surface area contributed by atoms with E-state index in [0.717, 1.165) is 30.5 Å². The van der Waals surface area contributed by atoms with Crippen LogP contribution in [0.2, 0.25) is 0 Å². The van der Waals surface area contributed by atoms with Gasteiger partial charge in [-0.1, -0.05) is 47.0 Å². The molecule has 88 valence electrons. The van der Waals surface area contributed by atoms with Crippen LogP contribution in [0.5, 0.6) is 0 Å². The average Bonchev–Trinajstić information content (AvgIpc) is 2.17. The van der Waals surface area contributed by atoms with Crippen molar-refractivity contribution >= 4 is 6.29 Å². The maximum Gasteiger partial charge on any atom is 0.125 e. The molecule has 0 amide bonds. The molecule has 0 bridgehead atoms. The van der Waals surface area contributed by atoms with Gasteiger partial charge in [0.2, 0.25) is 0 Å². The predicted octanol–water partition coefficient (Wildman–Crippen LogP) is 4.06. The zero-order valence-electron chi connectivity index (χ0n) is 10.8. The lowest BCUT2D eigenvalue weighted by atomic mass is 9.71. The molecular formula is C14H26O. The van der Waals surface area contributed by atoms with E-state index in [-0.39, 0.29) is 5.41 Å². The normalized spacial score (nSPS) is 28.1. The SMILES string of the molecule is CC(C)C1CCCC(CC(C)(C)C=O)C1. The summed E-state index contributed by atoms with van der Waals surface area (Å²) in [6.07, 6.45) is 7.65. The first-order valence-corrected chi connectivity index (χ1v) is 6.41. The minimum absolute atomic E-state index is 0.108. The summed E-state index contributed by atoms with van der Waals surface area (Å²) in [5.74, 6) is 2.49. The number of hydrogen-bond acceptors (Lipinski definition) is 1. The van der Waals surface area contributed by atoms with Gasteiger partial charge in [0.05, 0.1) is 0 Å². The van der Waals surface area contributed by atoms with Crippen LogP contribution in [0.3, 0.4) is 0 Å². The Hall–Kier alpha value is -0.330. The van der Waals surface area contributed by atoms with Gasteiger partial charge in [-0.15, -0.1) is 0 Å². The van der Waals surface area contributed by atoms with Crippen LogP contribution < -0.4 is 0 Å². The monoisotopic (exact) mass is 210 g/mol. The molecule has 0 N–H and O–H groups in total. The van der Waals surface area contributed by atoms with Crippen molar-refractivity contribution in [2.75, 3.05) is 0 Å². The summed E-state index contributed by atoms with van der Waals surface area (Å²) < 4.78 is 0. The molecule has 0 aromatic rings. The Morgan fingerprint density at radius 3 is 2.53 bits per heavy atom. The van der Waals surface area contributed by atoms with Gasteiger partial charge >= 0.3 is 0 Å². The van der Waals surface area contributed by atoms with Crippen molar-refractivity contribution in [3.05, 3.63) is 0 Å². The van der Waals surface area contributed by atoms with Crippen LogP contribution in [0.15, 0.2) is 0 Å². The molecule has 1 saturated carbocycles. The van der Waals surface area contributed by atoms with E-state index < -0.39 is 0 Å². The summed E-state index contributed by atoms with van der Waals surface area (Å²) in [5, 5.41) is 0. The molecule has 1 aliphatic carbocycles. The molecule has 2 atom stereocenters. The Kier molecular flexibility index (Phi) is 4.36. The quantitative estimate of drug-likeness (QED) is 0.639. The molecule has 0 spiro atoms. The topological polar surface area (TPSA) is 17.1 Å². The lowest BCUT2D eigenvalue weighted by Gasteiger charge is -2.34. The highest BCUT2D eigenvalue weighted by Gasteiger charge is 2.28. The average molecular weight is 210 g/mol. The summed E-state index contributed by atoms with van der Waals surface area (Å²) in [6, 6.07) is 0. The first-order valence-electron chi connectivity index (χ1n) is 6.41. The van der Waals surface area contributed by atoms with E-state index in [1.165, 1.54) is 25.7 Å². The van der Waals surface area contributed by atoms with Gasteiger partial charge in [0.15, 0.2) is 0 Å². The van der Waals surface area contributed by atoms with E-state index in [2.05, 4.69) is 27.7 Å². The first-order chi connectivity index (χ1) is 6.94. The molecule has 1 heteroatoms. The largest absolute Gasteiger partial charge is 0.303 e. The van der Waals surface area contributed by atoms with Crippen LogP contribution in [0.4, 0.5) is 0 Å². The van der Waals surface area contributed by atoms with Crippen molar-refractivity contribution in [2.45, 2.75) is 59.8 Å². The van der Waals surface area contributed by atoms with Crippen LogP contribution in [0.25, 0.3) is 0 Å². The van der Waals surface area contributed by atoms with Crippen molar-refractivity contribution in [2.24, 2.45) is 23.2 Å². The molecule has 0 heterocycles. The minimum Gasteiger partial charge on any atom is -0.303 e. The number of carbonyl (C=O) groups is 1. The Balaban J connectivity index is 2.46. The third-order valence-corrected chi connectivity index (χ3v) is 3.90. The van der Waals surface area contributed by atoms with Gasteiger partial charge in [-0.2, -0.15) is 0 Å². The van der Waals surface area contributed by atoms with Gasteiger partial charge in [0, 0.05) is 5.41 Å². The predicted molar refractivity (Wildman–Crippen MR) is 64.7 cm³/mol. The summed E-state index contributed by atoms with van der Waals surface area (Å²) in [6.45, 7) is 8.80. The third kappa shape index (κ3) is 3.96. The van der Waals surface area contributed by atoms with E-state index in [9.17, 15) is 4.79 Å². The zero-order chi connectivity index (χ0) is 11.5. The minimum atomic E-state index is -0.108. The van der Waals surface area contributed by atoms with E-state index in [4.69, 9.17) is 0 Å². The summed E-state index contributed by atoms with van der Waals surface area (Å²) in [7, 11) is 0. The molecule has 2 unspecified atom stereocenters. The maximum atomic E-state index is 10.9. The molecule has 1 aliphatic rings. The van der Waals surface area contributed by atoms with Crippen molar-refractivity contribution in [1.29, 1.82) is 0 Å². The fourth-order valence-electron chi connectivity index (χ4n) is 2.92. The molecule has 0 aliphatic heterocycles. The Bertz CT molecular complexity index is 205. The molecule has 15 heavy (non-hydrogen) atoms. The smallest absolute Gasteiger partial charge is 0.125 e. The van der Waals surface area contributed by atoms with E-state index >= 15 is 0 Å². The first kappa shape index (κ1) is 12.7. The van der Waals surface area contributed by atoms with Gasteiger partial charge in [-0.3, -0.25) is 0 Å². The van der Waals surface area contributed by atoms with Gasteiger partial charge in [0.25, 0.3) is 0 Å². The lowest BCUT2D eigenvalue weighted by Crippen LogP contribution is -2.25. The van der Waals surface area contributed by atoms with Crippen LogP contribution in [0.1, 0.15) is 59.8 Å². The molecule has 1 nitrogen and oxygen atoms in total. The van der Waals surface area contributed by atoms with Gasteiger partial charge in [0.1, 0.15) is 6.29 Å². The lowest BCUT2D eigenvalue weighted by molar-refractivity contribution is -0.115. The van der Waals surface area contributed by atoms with Crippen LogP contribution in [-0.4, -0.2) is 6.29 Å². The number of rotatable bonds is 4. The second-order valence-corrected chi connectivity index (χ2v) is 6.35. The van der Waals surface area contributed by atoms with Gasteiger partial charge < -0.3 is 4.79 Å². The maximum absolute atomic E-state index is 10.9. The molecule has 0 radical (unpaired) electrons. The Labute approximate surface area is 94.6 Å². The van der Waals surface area contributed by atoms with Crippen LogP contribution in [-0.2, 0) is 4.79 Å². The Morgan fingerprint density at radius 2 is 2.00 bits per heavy atom. The number of aldehydes is 1. The van der Waals surface area contributed by atoms with Crippen molar-refractivity contribution < 1.29 is 4.79 Å². The third-order valence-electron chi connectivity index (χ3n) is 3.90. The van der Waals surface area contributed by atoms with Crippen LogP contribution in [0, 0.1) is 23.2 Å². The molecule has 0 saturated heterocycles. The summed E-state index contributed by atoms with van der Waals surface area (Å²) >= 11 is 0. The van der Waals surface area contributed by atoms with Crippen molar-refractivity contribution in [1.82, 2.24) is 0 Å². The van der Waals surface area contributed by atoms with Crippen molar-refractivity contribution in [3.63, 3.8) is 0 Å². The standard InChI is InChI=1S/C14H26O/c1-11(2)13-7-5-6-12(8-13)9-14(3,4)10-15/h10-13H,5-9H2,1-4H3. The molecular weight excluding hydrogens is 184 g/mol. The van der Waals surface area contributed by atoms with Crippen molar-refractivity contribution in [3.8, 4) is 0 Å². The molecule has 1 fully saturated rings. The second-order valence-electron chi connectivity index (χ2n) is 6.35. The molecule has 0 aromatic carbocycles. The second kappa shape index (κ2) is 5.14. The molecule has 0 aromatic heterocycles. The highest BCUT2D eigenvalue weighted by atomic mass is 16.1. The molecule has 1 rings (SSSR count). The number of hydrogen-bond donors (Lipinski definition) is 0. The summed E-state index contributed by atoms with van der Waals surface area (Å²) in [5.41, 5.74) is -0.108. The fourth-order valence-corrected chi connectivity index (χ4v) is 2.92. The Morgan fingerprint density at radius 1 is 1.33 bits per heavy atom. The fraction of sp³-hybridized carbons (Fsp3) is 0.929. The highest BCUT2D eigenvalue weighted by molar-refractivity contribution is 5.57. The highest BCUT2D eigenvalue weighted by Crippen LogP contribution is 2.38. The van der Waals surface area contributed by atoms with E-state index in [0.29, 0.717) is 0 Å².